The highest BCUT2D eigenvalue weighted by molar-refractivity contribution is 7.75. The molecule has 0 N–H and O–H groups in total. The first-order valence-corrected chi connectivity index (χ1v) is 10.1. The molecule has 0 bridgehead atoms. The van der Waals surface area contributed by atoms with Crippen LogP contribution in [0, 0.1) is 6.92 Å². The molecule has 5 nitrogen and oxygen atoms in total. The smallest absolute Gasteiger partial charge is 0.308 e. The SMILES string of the molecule is CCCCCCCCOS(=O)OC1(CC)Oc2cc(C)ccc2C1=O. The third kappa shape index (κ3) is 5.12. The summed E-state index contributed by atoms with van der Waals surface area (Å²) < 4.78 is 28.5. The number of ether oxygens (including phenoxy) is 1. The summed E-state index contributed by atoms with van der Waals surface area (Å²) in [5.41, 5.74) is 1.44. The lowest BCUT2D eigenvalue weighted by Gasteiger charge is -2.23. The minimum absolute atomic E-state index is 0.256. The third-order valence-corrected chi connectivity index (χ3v) is 5.11. The lowest BCUT2D eigenvalue weighted by Crippen LogP contribution is -2.43. The number of rotatable bonds is 11. The van der Waals surface area contributed by atoms with Gasteiger partial charge in [-0.15, -0.1) is 0 Å². The molecule has 0 amide bonds. The van der Waals surface area contributed by atoms with Gasteiger partial charge >= 0.3 is 11.4 Å². The van der Waals surface area contributed by atoms with Crippen molar-refractivity contribution in [3.63, 3.8) is 0 Å². The quantitative estimate of drug-likeness (QED) is 0.532. The summed E-state index contributed by atoms with van der Waals surface area (Å²) >= 11 is -2.02. The fourth-order valence-corrected chi connectivity index (χ4v) is 3.57. The lowest BCUT2D eigenvalue weighted by molar-refractivity contribution is -0.0696. The lowest BCUT2D eigenvalue weighted by atomic mass is 10.0. The van der Waals surface area contributed by atoms with Gasteiger partial charge in [0.05, 0.1) is 12.2 Å². The van der Waals surface area contributed by atoms with E-state index < -0.39 is 17.1 Å². The van der Waals surface area contributed by atoms with Crippen molar-refractivity contribution in [2.45, 2.75) is 71.5 Å². The number of Topliss-reactive ketones (excluding diaryl/α,β-unsaturated/α-hetero) is 1. The summed E-state index contributed by atoms with van der Waals surface area (Å²) in [6, 6.07) is 5.35. The van der Waals surface area contributed by atoms with Gasteiger partial charge < -0.3 is 4.74 Å². The molecule has 2 atom stereocenters. The molecule has 2 unspecified atom stereocenters. The van der Waals surface area contributed by atoms with Crippen LogP contribution < -0.4 is 4.74 Å². The maximum atomic E-state index is 12.6. The van der Waals surface area contributed by atoms with Gasteiger partial charge in [0.1, 0.15) is 5.75 Å². The van der Waals surface area contributed by atoms with Gasteiger partial charge in [0.2, 0.25) is 5.78 Å². The van der Waals surface area contributed by atoms with E-state index in [1.54, 1.807) is 19.1 Å². The average Bonchev–Trinajstić information content (AvgIpc) is 2.86. The number of ketones is 1. The van der Waals surface area contributed by atoms with E-state index in [-0.39, 0.29) is 12.2 Å². The van der Waals surface area contributed by atoms with Crippen LogP contribution in [0.15, 0.2) is 18.2 Å². The van der Waals surface area contributed by atoms with Crippen LogP contribution in [0.2, 0.25) is 0 Å². The average molecular weight is 368 g/mol. The first-order chi connectivity index (χ1) is 12.0. The largest absolute Gasteiger partial charge is 0.453 e. The van der Waals surface area contributed by atoms with Gasteiger partial charge in [-0.2, -0.15) is 4.21 Å². The molecule has 2 rings (SSSR count). The summed E-state index contributed by atoms with van der Waals surface area (Å²) in [7, 11) is 0. The topological polar surface area (TPSA) is 61.8 Å². The monoisotopic (exact) mass is 368 g/mol. The Morgan fingerprint density at radius 1 is 1.12 bits per heavy atom. The van der Waals surface area contributed by atoms with Crippen molar-refractivity contribution in [1.82, 2.24) is 0 Å². The highest BCUT2D eigenvalue weighted by atomic mass is 32.2. The van der Waals surface area contributed by atoms with Crippen LogP contribution >= 0.6 is 0 Å². The van der Waals surface area contributed by atoms with Crippen molar-refractivity contribution in [1.29, 1.82) is 0 Å². The van der Waals surface area contributed by atoms with Crippen molar-refractivity contribution < 1.29 is 22.1 Å². The van der Waals surface area contributed by atoms with E-state index in [1.807, 2.05) is 13.0 Å². The van der Waals surface area contributed by atoms with E-state index in [0.29, 0.717) is 17.9 Å². The molecule has 0 saturated carbocycles. The van der Waals surface area contributed by atoms with Crippen molar-refractivity contribution in [3.05, 3.63) is 29.3 Å². The maximum absolute atomic E-state index is 12.6. The van der Waals surface area contributed by atoms with Gasteiger partial charge in [-0.3, -0.25) is 8.98 Å². The molecule has 0 aliphatic carbocycles. The number of fused-ring (bicyclic) bond motifs is 1. The number of unbranched alkanes of at least 4 members (excludes halogenated alkanes) is 5. The normalized spacial score (nSPS) is 20.4. The highest BCUT2D eigenvalue weighted by Gasteiger charge is 2.50. The summed E-state index contributed by atoms with van der Waals surface area (Å²) in [6.45, 7) is 6.21. The molecular formula is C19H28O5S. The number of aryl methyl sites for hydroxylation is 1. The van der Waals surface area contributed by atoms with E-state index in [2.05, 4.69) is 6.92 Å². The number of hydrogen-bond donors (Lipinski definition) is 0. The van der Waals surface area contributed by atoms with Crippen LogP contribution in [0.4, 0.5) is 0 Å². The van der Waals surface area contributed by atoms with E-state index in [4.69, 9.17) is 13.1 Å². The molecule has 1 aliphatic heterocycles. The summed E-state index contributed by atoms with van der Waals surface area (Å²) in [6.07, 6.45) is 6.95. The zero-order chi connectivity index (χ0) is 18.3. The Morgan fingerprint density at radius 2 is 1.84 bits per heavy atom. The van der Waals surface area contributed by atoms with Gasteiger partial charge in [-0.25, -0.2) is 4.18 Å². The Labute approximate surface area is 152 Å². The Balaban J connectivity index is 1.84. The first-order valence-electron chi connectivity index (χ1n) is 9.11. The van der Waals surface area contributed by atoms with Crippen LogP contribution in [-0.2, 0) is 19.7 Å². The fourth-order valence-electron chi connectivity index (χ4n) is 2.82. The van der Waals surface area contributed by atoms with Crippen molar-refractivity contribution >= 4 is 17.1 Å². The minimum atomic E-state index is -2.02. The summed E-state index contributed by atoms with van der Waals surface area (Å²) in [5, 5.41) is 0. The van der Waals surface area contributed by atoms with Crippen LogP contribution in [0.5, 0.6) is 5.75 Å². The van der Waals surface area contributed by atoms with Crippen LogP contribution in [-0.4, -0.2) is 22.4 Å². The molecule has 0 spiro atoms. The van der Waals surface area contributed by atoms with Crippen molar-refractivity contribution in [2.24, 2.45) is 0 Å². The number of carbonyl (C=O) groups excluding carboxylic acids is 1. The van der Waals surface area contributed by atoms with E-state index in [1.165, 1.54) is 19.3 Å². The minimum Gasteiger partial charge on any atom is -0.453 e. The molecule has 1 aromatic carbocycles. The molecule has 0 radical (unpaired) electrons. The van der Waals surface area contributed by atoms with Crippen LogP contribution in [0.1, 0.15) is 74.7 Å². The summed E-state index contributed by atoms with van der Waals surface area (Å²) in [4.78, 5) is 12.6. The van der Waals surface area contributed by atoms with Crippen LogP contribution in [0.3, 0.4) is 0 Å². The maximum Gasteiger partial charge on any atom is 0.308 e. The predicted molar refractivity (Wildman–Crippen MR) is 97.7 cm³/mol. The van der Waals surface area contributed by atoms with Gasteiger partial charge in [-0.05, 0) is 31.0 Å². The zero-order valence-corrected chi connectivity index (χ0v) is 16.2. The van der Waals surface area contributed by atoms with E-state index in [9.17, 15) is 9.00 Å². The van der Waals surface area contributed by atoms with E-state index >= 15 is 0 Å². The van der Waals surface area contributed by atoms with Gasteiger partial charge in [0.25, 0.3) is 5.79 Å². The second-order valence-corrected chi connectivity index (χ2v) is 7.23. The molecule has 25 heavy (non-hydrogen) atoms. The summed E-state index contributed by atoms with van der Waals surface area (Å²) in [5.74, 6) is -1.39. The zero-order valence-electron chi connectivity index (χ0n) is 15.3. The highest BCUT2D eigenvalue weighted by Crippen LogP contribution is 2.38. The number of hydrogen-bond acceptors (Lipinski definition) is 5. The van der Waals surface area contributed by atoms with Crippen molar-refractivity contribution in [2.75, 3.05) is 6.61 Å². The second-order valence-electron chi connectivity index (χ2n) is 6.41. The molecule has 1 heterocycles. The molecule has 0 saturated heterocycles. The molecule has 140 valence electrons. The fraction of sp³-hybridized carbons (Fsp3) is 0.632. The molecule has 1 aromatic rings. The van der Waals surface area contributed by atoms with E-state index in [0.717, 1.165) is 24.8 Å². The Hall–Kier alpha value is -1.24. The standard InChI is InChI=1S/C19H28O5S/c1-4-6-7-8-9-10-13-22-25(21)24-19(5-2)18(20)16-12-11-15(3)14-17(16)23-19/h11-12,14H,4-10,13H2,1-3H3. The Morgan fingerprint density at radius 3 is 2.56 bits per heavy atom. The molecule has 0 aromatic heterocycles. The van der Waals surface area contributed by atoms with Crippen LogP contribution in [0.25, 0.3) is 0 Å². The second kappa shape index (κ2) is 9.46. The van der Waals surface area contributed by atoms with Gasteiger partial charge in [0, 0.05) is 6.42 Å². The number of benzene rings is 1. The Kier molecular flexibility index (Phi) is 7.59. The van der Waals surface area contributed by atoms with Gasteiger partial charge in [-0.1, -0.05) is 52.0 Å². The predicted octanol–water partition coefficient (Wildman–Crippen LogP) is 4.65. The number of carbonyl (C=O) groups is 1. The molecular weight excluding hydrogens is 340 g/mol. The Bertz CT molecular complexity index is 616. The molecule has 0 fully saturated rings. The van der Waals surface area contributed by atoms with Crippen molar-refractivity contribution in [3.8, 4) is 5.75 Å². The first kappa shape index (κ1) is 20.1. The molecule has 6 heteroatoms. The van der Waals surface area contributed by atoms with Gasteiger partial charge in [0.15, 0.2) is 0 Å². The third-order valence-electron chi connectivity index (χ3n) is 4.35. The molecule has 1 aliphatic rings.